The topological polar surface area (TPSA) is 158 Å². The average Bonchev–Trinajstić information content (AvgIpc) is 1.56. The zero-order valence-electron chi connectivity index (χ0n) is 78.7. The van der Waals surface area contributed by atoms with E-state index in [1.165, 1.54) is 54.1 Å². The summed E-state index contributed by atoms with van der Waals surface area (Å²) in [4.78, 5) is 50.2. The molecule has 0 N–H and O–H groups in total. The molecule has 0 saturated carbocycles. The lowest BCUT2D eigenvalue weighted by molar-refractivity contribution is 0.992. The van der Waals surface area contributed by atoms with E-state index in [-0.39, 0.29) is 0 Å². The predicted octanol–water partition coefficient (Wildman–Crippen LogP) is 31.4. The Morgan fingerprint density at radius 1 is 0.144 bits per heavy atom. The van der Waals surface area contributed by atoms with Gasteiger partial charge in [-0.1, -0.05) is 358 Å². The second-order valence-corrected chi connectivity index (χ2v) is 36.2. The summed E-state index contributed by atoms with van der Waals surface area (Å²) in [5, 5.41) is 11.8. The summed E-state index contributed by atoms with van der Waals surface area (Å²) in [7, 11) is 0. The Morgan fingerprint density at radius 3 is 0.890 bits per heavy atom. The standard InChI is InChI=1S/2C45H29N5.C40H26N6/c1-4-14-30(15-5-1)38-26-32(27-39(48-38)31-16-6-2-7-17-31)33-28-46-45(47-29-33)50-40-22-12-10-20-35(40)36-24-25-42-43(44(36)50)37-21-11-13-23-41(37)49(42)34-18-8-3-9-19-34;1-4-14-30(15-5-1)37-26-32(27-38(48-37)31-16-6-2-7-17-31)39-28-47-43(29-46-39)50-41-23-13-11-21-36(41)44-42(50)25-24-35-34-20-10-12-22-40(34)49(45(35)44)33-18-8-3-9-19-33;1-4-14-27(15-5-1)32-24-33(44-40(43-32)28-16-6-2-7-17-28)34-25-42-37(26-41-34)46-36-23-13-11-21-31(36)38-39(46)30-20-10-12-22-35(30)45(38)29-18-8-3-9-19-29/h2*1-29H;1-26H. The largest absolute Gasteiger partial charge is 0.309 e. The van der Waals surface area contributed by atoms with Gasteiger partial charge in [0.2, 0.25) is 5.95 Å². The van der Waals surface area contributed by atoms with E-state index in [2.05, 4.69) is 373 Å². The van der Waals surface area contributed by atoms with E-state index in [0.717, 1.165) is 185 Å². The number of para-hydroxylation sites is 9. The van der Waals surface area contributed by atoms with Crippen molar-refractivity contribution >= 4 is 120 Å². The third kappa shape index (κ3) is 14.9. The highest BCUT2D eigenvalue weighted by atomic mass is 15.2. The van der Waals surface area contributed by atoms with Crippen LogP contribution in [-0.4, -0.2) is 77.2 Å². The second kappa shape index (κ2) is 36.3. The van der Waals surface area contributed by atoms with Crippen LogP contribution in [0.4, 0.5) is 0 Å². The van der Waals surface area contributed by atoms with Crippen molar-refractivity contribution in [3.63, 3.8) is 0 Å². The van der Waals surface area contributed by atoms with Gasteiger partial charge in [0.05, 0.1) is 131 Å². The lowest BCUT2D eigenvalue weighted by Crippen LogP contribution is -2.01. The first-order valence-electron chi connectivity index (χ1n) is 48.8. The summed E-state index contributed by atoms with van der Waals surface area (Å²) in [6.45, 7) is 0. The van der Waals surface area contributed by atoms with Crippen molar-refractivity contribution in [3.8, 4) is 136 Å². The van der Waals surface area contributed by atoms with Gasteiger partial charge in [-0.05, 0) is 121 Å². The lowest BCUT2D eigenvalue weighted by Gasteiger charge is -2.11. The van der Waals surface area contributed by atoms with E-state index in [4.69, 9.17) is 49.8 Å². The Kier molecular flexibility index (Phi) is 21.1. The monoisotopic (exact) mass is 1870 g/mol. The fourth-order valence-corrected chi connectivity index (χ4v) is 21.1. The zero-order chi connectivity index (χ0) is 96.5. The maximum absolute atomic E-state index is 5.08. The summed E-state index contributed by atoms with van der Waals surface area (Å²) in [6.07, 6.45) is 11.3. The predicted molar refractivity (Wildman–Crippen MR) is 595 cm³/mol. The van der Waals surface area contributed by atoms with Crippen LogP contribution in [0.5, 0.6) is 0 Å². The van der Waals surface area contributed by atoms with Crippen LogP contribution in [0.2, 0.25) is 0 Å². The van der Waals surface area contributed by atoms with Crippen LogP contribution >= 0.6 is 0 Å². The highest BCUT2D eigenvalue weighted by Crippen LogP contribution is 2.47. The first-order valence-corrected chi connectivity index (χ1v) is 48.8. The third-order valence-corrected chi connectivity index (χ3v) is 27.7. The number of benzene rings is 17. The maximum Gasteiger partial charge on any atom is 0.234 e. The van der Waals surface area contributed by atoms with E-state index in [1.807, 2.05) is 165 Å². The lowest BCUT2D eigenvalue weighted by atomic mass is 10.0. The molecule has 17 aromatic carbocycles. The molecule has 0 spiro atoms. The minimum atomic E-state index is 0.629. The Labute approximate surface area is 838 Å². The number of aromatic nitrogens is 16. The fraction of sp³-hybridized carbons (Fsp3) is 0. The van der Waals surface area contributed by atoms with Gasteiger partial charge >= 0.3 is 0 Å². The molecule has 0 aliphatic rings. The van der Waals surface area contributed by atoms with Gasteiger partial charge in [-0.25, -0.2) is 44.9 Å². The van der Waals surface area contributed by atoms with Crippen LogP contribution in [0.15, 0.2) is 510 Å². The number of pyridine rings is 2. The Bertz CT molecular complexity index is 9820. The number of fused-ring (bicyclic) bond motifs is 19. The van der Waals surface area contributed by atoms with Crippen molar-refractivity contribution in [2.24, 2.45) is 0 Å². The minimum absolute atomic E-state index is 0.629. The number of rotatable bonds is 15. The number of hydrogen-bond acceptors (Lipinski definition) is 10. The first-order chi connectivity index (χ1) is 72.5. The maximum atomic E-state index is 5.08. The third-order valence-electron chi connectivity index (χ3n) is 27.7. The van der Waals surface area contributed by atoms with Crippen molar-refractivity contribution in [2.75, 3.05) is 0 Å². The molecule has 29 aromatic rings. The number of nitrogens with zero attached hydrogens (tertiary/aromatic N) is 16. The van der Waals surface area contributed by atoms with Gasteiger partial charge in [-0.3, -0.25) is 18.7 Å². The van der Waals surface area contributed by atoms with Crippen LogP contribution in [-0.2, 0) is 0 Å². The van der Waals surface area contributed by atoms with Crippen LogP contribution in [0.3, 0.4) is 0 Å². The molecule has 0 bridgehead atoms. The highest BCUT2D eigenvalue weighted by Gasteiger charge is 2.28. The van der Waals surface area contributed by atoms with Crippen LogP contribution < -0.4 is 0 Å². The van der Waals surface area contributed by atoms with Crippen molar-refractivity contribution in [3.05, 3.63) is 510 Å². The Hall–Kier alpha value is -20.1. The van der Waals surface area contributed by atoms with Crippen molar-refractivity contribution in [1.29, 1.82) is 0 Å². The summed E-state index contributed by atoms with van der Waals surface area (Å²) in [5.74, 6) is 2.79. The molecule has 684 valence electrons. The van der Waals surface area contributed by atoms with Crippen LogP contribution in [0, 0.1) is 0 Å². The molecule has 0 amide bonds. The molecule has 12 heterocycles. The molecule has 0 aliphatic carbocycles. The van der Waals surface area contributed by atoms with Gasteiger partial charge in [-0.2, -0.15) is 0 Å². The molecular formula is C130H84N16. The highest BCUT2D eigenvalue weighted by molar-refractivity contribution is 6.28. The van der Waals surface area contributed by atoms with Crippen molar-refractivity contribution in [1.82, 2.24) is 77.2 Å². The smallest absolute Gasteiger partial charge is 0.234 e. The summed E-state index contributed by atoms with van der Waals surface area (Å²) in [5.41, 5.74) is 32.6. The van der Waals surface area contributed by atoms with E-state index < -0.39 is 0 Å². The molecule has 16 nitrogen and oxygen atoms in total. The van der Waals surface area contributed by atoms with E-state index in [1.54, 1.807) is 0 Å². The Balaban J connectivity index is 0.000000109. The zero-order valence-corrected chi connectivity index (χ0v) is 78.7. The quantitative estimate of drug-likeness (QED) is 0.0967. The first kappa shape index (κ1) is 85.1. The molecule has 146 heavy (non-hydrogen) atoms. The molecule has 0 aliphatic heterocycles. The summed E-state index contributed by atoms with van der Waals surface area (Å²) < 4.78 is 13.8. The Morgan fingerprint density at radius 2 is 0.452 bits per heavy atom. The molecule has 0 radical (unpaired) electrons. The van der Waals surface area contributed by atoms with Crippen molar-refractivity contribution < 1.29 is 0 Å². The van der Waals surface area contributed by atoms with E-state index >= 15 is 0 Å². The molecule has 0 saturated heterocycles. The summed E-state index contributed by atoms with van der Waals surface area (Å²) in [6, 6.07) is 164. The average molecular weight is 1870 g/mol. The molecule has 0 unspecified atom stereocenters. The van der Waals surface area contributed by atoms with Gasteiger partial charge in [0.1, 0.15) is 5.69 Å². The van der Waals surface area contributed by atoms with Crippen molar-refractivity contribution in [2.45, 2.75) is 0 Å². The second-order valence-electron chi connectivity index (χ2n) is 36.2. The van der Waals surface area contributed by atoms with E-state index in [0.29, 0.717) is 17.5 Å². The number of hydrogen-bond donors (Lipinski definition) is 0. The van der Waals surface area contributed by atoms with Gasteiger partial charge in [0.25, 0.3) is 0 Å². The summed E-state index contributed by atoms with van der Waals surface area (Å²) >= 11 is 0. The molecule has 12 aromatic heterocycles. The van der Waals surface area contributed by atoms with Crippen LogP contribution in [0.1, 0.15) is 0 Å². The molecular weight excluding hydrogens is 1790 g/mol. The fourth-order valence-electron chi connectivity index (χ4n) is 21.1. The van der Waals surface area contributed by atoms with Gasteiger partial charge in [0.15, 0.2) is 17.5 Å². The van der Waals surface area contributed by atoms with Gasteiger partial charge in [0, 0.05) is 128 Å². The molecule has 16 heteroatoms. The molecule has 0 fully saturated rings. The minimum Gasteiger partial charge on any atom is -0.309 e. The molecule has 0 atom stereocenters. The normalized spacial score (nSPS) is 11.6. The van der Waals surface area contributed by atoms with Gasteiger partial charge < -0.3 is 13.7 Å². The van der Waals surface area contributed by atoms with Crippen LogP contribution in [0.25, 0.3) is 256 Å². The van der Waals surface area contributed by atoms with Gasteiger partial charge in [-0.15, -0.1) is 0 Å². The van der Waals surface area contributed by atoms with E-state index in [9.17, 15) is 0 Å². The molecule has 29 rings (SSSR count). The SMILES string of the molecule is c1ccc(-c2cc(-c3cnc(-n4c5ccccc5c5c4c4ccccc4n5-c4ccccc4)cn3)nc(-c3ccccc3)n2)cc1.c1ccc(-c2cc(-c3cnc(-n4c5ccccc5c5c4ccc4c6ccccc6n(-c6ccccc6)c45)cn3)cc(-c3ccccc3)n2)cc1.c1ccc(-c2cc(-c3cnc(-n4c5ccccc5c5ccc6c(c7ccccc7n6-c6ccccc6)c54)nc3)cc(-c3ccccc3)n2)cc1.